The summed E-state index contributed by atoms with van der Waals surface area (Å²) in [5.41, 5.74) is 0. The SMILES string of the molecule is CN(C=O)CCCC[C@H](O)CO. The number of rotatable bonds is 7. The van der Waals surface area contributed by atoms with Gasteiger partial charge in [0.25, 0.3) is 0 Å². The average Bonchev–Trinajstić information content (AvgIpc) is 2.11. The van der Waals surface area contributed by atoms with Crippen LogP contribution in [-0.2, 0) is 4.79 Å². The highest BCUT2D eigenvalue weighted by Gasteiger charge is 2.01. The Kier molecular flexibility index (Phi) is 6.70. The molecule has 0 bridgehead atoms. The van der Waals surface area contributed by atoms with E-state index in [9.17, 15) is 4.79 Å². The zero-order valence-corrected chi connectivity index (χ0v) is 7.44. The van der Waals surface area contributed by atoms with E-state index in [0.717, 1.165) is 19.3 Å². The molecule has 2 N–H and O–H groups in total. The lowest BCUT2D eigenvalue weighted by atomic mass is 10.1. The number of carbonyl (C=O) groups is 1. The number of aliphatic hydroxyl groups is 2. The maximum Gasteiger partial charge on any atom is 0.209 e. The standard InChI is InChI=1S/C8H17NO3/c1-9(7-11)5-3-2-4-8(12)6-10/h7-8,10,12H,2-6H2,1H3/t8-/m0/s1. The largest absolute Gasteiger partial charge is 0.394 e. The summed E-state index contributed by atoms with van der Waals surface area (Å²) in [5, 5.41) is 17.4. The molecule has 0 aromatic rings. The minimum atomic E-state index is -0.605. The number of hydrogen-bond acceptors (Lipinski definition) is 3. The van der Waals surface area contributed by atoms with Gasteiger partial charge in [0.15, 0.2) is 0 Å². The molecular weight excluding hydrogens is 158 g/mol. The first-order chi connectivity index (χ1) is 5.70. The van der Waals surface area contributed by atoms with Crippen molar-refractivity contribution >= 4 is 6.41 Å². The van der Waals surface area contributed by atoms with Crippen molar-refractivity contribution in [3.05, 3.63) is 0 Å². The van der Waals surface area contributed by atoms with Crippen LogP contribution in [0.5, 0.6) is 0 Å². The minimum absolute atomic E-state index is 0.177. The monoisotopic (exact) mass is 175 g/mol. The van der Waals surface area contributed by atoms with Crippen molar-refractivity contribution in [1.82, 2.24) is 4.90 Å². The minimum Gasteiger partial charge on any atom is -0.394 e. The smallest absolute Gasteiger partial charge is 0.209 e. The fraction of sp³-hybridized carbons (Fsp3) is 0.875. The average molecular weight is 175 g/mol. The van der Waals surface area contributed by atoms with Gasteiger partial charge < -0.3 is 15.1 Å². The summed E-state index contributed by atoms with van der Waals surface area (Å²) >= 11 is 0. The second-order valence-electron chi connectivity index (χ2n) is 2.92. The molecule has 0 aliphatic rings. The third kappa shape index (κ3) is 6.12. The van der Waals surface area contributed by atoms with E-state index in [1.54, 1.807) is 11.9 Å². The molecule has 0 saturated carbocycles. The number of amides is 1. The van der Waals surface area contributed by atoms with Crippen LogP contribution < -0.4 is 0 Å². The molecule has 0 aliphatic heterocycles. The molecule has 0 saturated heterocycles. The Hall–Kier alpha value is -0.610. The van der Waals surface area contributed by atoms with Crippen molar-refractivity contribution in [2.45, 2.75) is 25.4 Å². The number of hydrogen-bond donors (Lipinski definition) is 2. The summed E-state index contributed by atoms with van der Waals surface area (Å²) in [4.78, 5) is 11.7. The molecule has 0 aromatic carbocycles. The van der Waals surface area contributed by atoms with Crippen LogP contribution >= 0.6 is 0 Å². The Balaban J connectivity index is 3.15. The van der Waals surface area contributed by atoms with E-state index in [2.05, 4.69) is 0 Å². The molecule has 4 nitrogen and oxygen atoms in total. The van der Waals surface area contributed by atoms with Crippen molar-refractivity contribution in [2.75, 3.05) is 20.2 Å². The predicted octanol–water partition coefficient (Wildman–Crippen LogP) is -0.402. The Morgan fingerprint density at radius 1 is 1.50 bits per heavy atom. The normalized spacial score (nSPS) is 12.6. The van der Waals surface area contributed by atoms with Crippen molar-refractivity contribution in [3.8, 4) is 0 Å². The van der Waals surface area contributed by atoms with Crippen LogP contribution in [0.25, 0.3) is 0 Å². The van der Waals surface area contributed by atoms with Crippen molar-refractivity contribution in [1.29, 1.82) is 0 Å². The molecule has 0 fully saturated rings. The van der Waals surface area contributed by atoms with E-state index >= 15 is 0 Å². The summed E-state index contributed by atoms with van der Waals surface area (Å²) in [7, 11) is 1.72. The van der Waals surface area contributed by atoms with Gasteiger partial charge in [-0.1, -0.05) is 0 Å². The van der Waals surface area contributed by atoms with E-state index in [1.807, 2.05) is 0 Å². The van der Waals surface area contributed by atoms with Crippen LogP contribution in [0.3, 0.4) is 0 Å². The lowest BCUT2D eigenvalue weighted by molar-refractivity contribution is -0.117. The van der Waals surface area contributed by atoms with Gasteiger partial charge in [0, 0.05) is 13.6 Å². The maximum absolute atomic E-state index is 10.1. The molecule has 0 aliphatic carbocycles. The second-order valence-corrected chi connectivity index (χ2v) is 2.92. The highest BCUT2D eigenvalue weighted by Crippen LogP contribution is 2.00. The van der Waals surface area contributed by atoms with Crippen LogP contribution in [0.1, 0.15) is 19.3 Å². The third-order valence-corrected chi connectivity index (χ3v) is 1.69. The van der Waals surface area contributed by atoms with Gasteiger partial charge in [0.1, 0.15) is 0 Å². The number of unbranched alkanes of at least 4 members (excludes halogenated alkanes) is 1. The fourth-order valence-electron chi connectivity index (χ4n) is 0.885. The highest BCUT2D eigenvalue weighted by atomic mass is 16.3. The van der Waals surface area contributed by atoms with Gasteiger partial charge in [-0.25, -0.2) is 0 Å². The van der Waals surface area contributed by atoms with Gasteiger partial charge in [-0.15, -0.1) is 0 Å². The van der Waals surface area contributed by atoms with Crippen molar-refractivity contribution < 1.29 is 15.0 Å². The highest BCUT2D eigenvalue weighted by molar-refractivity contribution is 5.46. The molecule has 1 atom stereocenters. The third-order valence-electron chi connectivity index (χ3n) is 1.69. The lowest BCUT2D eigenvalue weighted by Crippen LogP contribution is -2.18. The summed E-state index contributed by atoms with van der Waals surface area (Å²) in [5.74, 6) is 0. The van der Waals surface area contributed by atoms with Crippen LogP contribution in [0.15, 0.2) is 0 Å². The Bertz CT molecular complexity index is 119. The Labute approximate surface area is 72.8 Å². The first-order valence-electron chi connectivity index (χ1n) is 4.15. The molecule has 0 rings (SSSR count). The zero-order valence-electron chi connectivity index (χ0n) is 7.44. The van der Waals surface area contributed by atoms with E-state index in [0.29, 0.717) is 13.0 Å². The number of nitrogens with zero attached hydrogens (tertiary/aromatic N) is 1. The van der Waals surface area contributed by atoms with Gasteiger partial charge in [0.2, 0.25) is 6.41 Å². The topological polar surface area (TPSA) is 60.8 Å². The van der Waals surface area contributed by atoms with Gasteiger partial charge in [-0.05, 0) is 19.3 Å². The van der Waals surface area contributed by atoms with Crippen molar-refractivity contribution in [3.63, 3.8) is 0 Å². The van der Waals surface area contributed by atoms with E-state index in [1.165, 1.54) is 0 Å². The van der Waals surface area contributed by atoms with Gasteiger partial charge in [-0.2, -0.15) is 0 Å². The van der Waals surface area contributed by atoms with Gasteiger partial charge in [-0.3, -0.25) is 4.79 Å². The quantitative estimate of drug-likeness (QED) is 0.409. The van der Waals surface area contributed by atoms with Crippen LogP contribution in [0, 0.1) is 0 Å². The molecule has 0 unspecified atom stereocenters. The second kappa shape index (κ2) is 7.06. The maximum atomic E-state index is 10.1. The molecule has 0 spiro atoms. The van der Waals surface area contributed by atoms with E-state index in [-0.39, 0.29) is 6.61 Å². The summed E-state index contributed by atoms with van der Waals surface area (Å²) in [6.07, 6.45) is 2.48. The summed E-state index contributed by atoms with van der Waals surface area (Å²) < 4.78 is 0. The van der Waals surface area contributed by atoms with Gasteiger partial charge in [0.05, 0.1) is 12.7 Å². The molecule has 0 aromatic heterocycles. The van der Waals surface area contributed by atoms with E-state index < -0.39 is 6.10 Å². The fourth-order valence-corrected chi connectivity index (χ4v) is 0.885. The van der Waals surface area contributed by atoms with Crippen LogP contribution in [-0.4, -0.2) is 47.8 Å². The molecule has 72 valence electrons. The predicted molar refractivity (Wildman–Crippen MR) is 45.6 cm³/mol. The first kappa shape index (κ1) is 11.4. The number of carbonyl (C=O) groups excluding carboxylic acids is 1. The van der Waals surface area contributed by atoms with Gasteiger partial charge >= 0.3 is 0 Å². The molecule has 1 amide bonds. The van der Waals surface area contributed by atoms with Crippen LogP contribution in [0.4, 0.5) is 0 Å². The zero-order chi connectivity index (χ0) is 9.40. The Morgan fingerprint density at radius 3 is 2.67 bits per heavy atom. The van der Waals surface area contributed by atoms with Crippen molar-refractivity contribution in [2.24, 2.45) is 0 Å². The summed E-state index contributed by atoms with van der Waals surface area (Å²) in [6.45, 7) is 0.533. The first-order valence-corrected chi connectivity index (χ1v) is 4.15. The molecular formula is C8H17NO3. The molecule has 0 radical (unpaired) electrons. The molecule has 0 heterocycles. The summed E-state index contributed by atoms with van der Waals surface area (Å²) in [6, 6.07) is 0. The Morgan fingerprint density at radius 2 is 2.17 bits per heavy atom. The number of aliphatic hydroxyl groups excluding tert-OH is 2. The molecule has 4 heteroatoms. The van der Waals surface area contributed by atoms with E-state index in [4.69, 9.17) is 10.2 Å². The lowest BCUT2D eigenvalue weighted by Gasteiger charge is -2.10. The molecule has 12 heavy (non-hydrogen) atoms. The van der Waals surface area contributed by atoms with Crippen LogP contribution in [0.2, 0.25) is 0 Å².